The van der Waals surface area contributed by atoms with E-state index in [0.717, 1.165) is 0 Å². The van der Waals surface area contributed by atoms with E-state index >= 15 is 0 Å². The average Bonchev–Trinajstić information content (AvgIpc) is 1.90. The lowest BCUT2D eigenvalue weighted by Gasteiger charge is -2.66. The molecule has 0 aromatic carbocycles. The topological polar surface area (TPSA) is 0 Å². The van der Waals surface area contributed by atoms with Gasteiger partial charge in [-0.2, -0.15) is 0 Å². The maximum atomic E-state index is 2.36. The van der Waals surface area contributed by atoms with Crippen LogP contribution in [0.3, 0.4) is 0 Å². The van der Waals surface area contributed by atoms with Gasteiger partial charge in [0.25, 0.3) is 0 Å². The molecule has 0 spiro atoms. The summed E-state index contributed by atoms with van der Waals surface area (Å²) >= 11 is 0. The summed E-state index contributed by atoms with van der Waals surface area (Å²) in [5, 5.41) is 0. The first-order valence-corrected chi connectivity index (χ1v) is 3.28. The third-order valence-corrected chi connectivity index (χ3v) is 3.18. The second-order valence-corrected chi connectivity index (χ2v) is 3.25. The van der Waals surface area contributed by atoms with Gasteiger partial charge in [-0.25, -0.2) is 0 Å². The molecule has 0 nitrogen and oxygen atoms in total. The molecule has 40 valence electrons. The van der Waals surface area contributed by atoms with Crippen LogP contribution in [0.1, 0.15) is 12.8 Å². The van der Waals surface area contributed by atoms with E-state index in [9.17, 15) is 0 Å². The average molecular weight is 104 g/mol. The molecule has 0 amide bonds. The van der Waals surface area contributed by atoms with Gasteiger partial charge in [-0.05, 0) is 12.8 Å². The van der Waals surface area contributed by atoms with Gasteiger partial charge in [0.05, 0.1) is 0 Å². The minimum absolute atomic E-state index is 0.618. The van der Waals surface area contributed by atoms with Gasteiger partial charge in [-0.1, -0.05) is 24.3 Å². The van der Waals surface area contributed by atoms with Crippen molar-refractivity contribution in [3.8, 4) is 0 Å². The van der Waals surface area contributed by atoms with E-state index in [1.54, 1.807) is 0 Å². The fourth-order valence-electron chi connectivity index (χ4n) is 2.17. The maximum absolute atomic E-state index is 2.36. The third kappa shape index (κ3) is 0.127. The maximum Gasteiger partial charge on any atom is 0.0188 e. The lowest BCUT2D eigenvalue weighted by atomic mass is 9.37. The molecule has 0 bridgehead atoms. The first kappa shape index (κ1) is 3.49. The summed E-state index contributed by atoms with van der Waals surface area (Å²) in [6, 6.07) is 0. The van der Waals surface area contributed by atoms with Crippen molar-refractivity contribution >= 4 is 0 Å². The molecule has 0 N–H and O–H groups in total. The zero-order chi connectivity index (χ0) is 5.24. The summed E-state index contributed by atoms with van der Waals surface area (Å²) in [7, 11) is 0. The minimum atomic E-state index is 0.618. The molecular weight excluding hydrogens is 96.1 g/mol. The van der Waals surface area contributed by atoms with Crippen molar-refractivity contribution in [1.82, 2.24) is 0 Å². The number of allylic oxidation sites excluding steroid dienone is 4. The van der Waals surface area contributed by atoms with Crippen molar-refractivity contribution in [1.29, 1.82) is 0 Å². The lowest BCUT2D eigenvalue weighted by Crippen LogP contribution is -2.57. The van der Waals surface area contributed by atoms with E-state index in [1.807, 2.05) is 0 Å². The molecule has 0 radical (unpaired) electrons. The fraction of sp³-hybridized carbons (Fsp3) is 0.500. The van der Waals surface area contributed by atoms with Crippen LogP contribution < -0.4 is 0 Å². The second kappa shape index (κ2) is 0.637. The van der Waals surface area contributed by atoms with Crippen LogP contribution in [0, 0.1) is 10.8 Å². The Morgan fingerprint density at radius 3 is 1.12 bits per heavy atom. The van der Waals surface area contributed by atoms with Crippen molar-refractivity contribution in [2.45, 2.75) is 12.8 Å². The molecule has 1 saturated carbocycles. The van der Waals surface area contributed by atoms with Gasteiger partial charge in [-0.3, -0.25) is 0 Å². The predicted octanol–water partition coefficient (Wildman–Crippen LogP) is 1.89. The Hall–Kier alpha value is -0.520. The van der Waals surface area contributed by atoms with Gasteiger partial charge >= 0.3 is 0 Å². The Kier molecular flexibility index (Phi) is 0.278. The first-order valence-electron chi connectivity index (χ1n) is 3.28. The van der Waals surface area contributed by atoms with E-state index in [4.69, 9.17) is 0 Å². The molecule has 0 atom stereocenters. The molecule has 8 heavy (non-hydrogen) atoms. The second-order valence-electron chi connectivity index (χ2n) is 3.25. The van der Waals surface area contributed by atoms with Crippen molar-refractivity contribution in [3.05, 3.63) is 24.3 Å². The molecule has 0 aromatic heterocycles. The van der Waals surface area contributed by atoms with Crippen LogP contribution in [0.5, 0.6) is 0 Å². The zero-order valence-electron chi connectivity index (χ0n) is 4.72. The highest BCUT2D eigenvalue weighted by Crippen LogP contribution is 2.72. The van der Waals surface area contributed by atoms with E-state index < -0.39 is 0 Å². The van der Waals surface area contributed by atoms with E-state index in [1.165, 1.54) is 12.8 Å². The summed E-state index contributed by atoms with van der Waals surface area (Å²) < 4.78 is 0. The summed E-state index contributed by atoms with van der Waals surface area (Å²) in [6.45, 7) is 0. The van der Waals surface area contributed by atoms with E-state index in [0.29, 0.717) is 10.8 Å². The monoisotopic (exact) mass is 104 g/mol. The van der Waals surface area contributed by atoms with Crippen molar-refractivity contribution in [3.63, 3.8) is 0 Å². The number of hydrogen-bond acceptors (Lipinski definition) is 0. The summed E-state index contributed by atoms with van der Waals surface area (Å²) in [5.74, 6) is 0. The summed E-state index contributed by atoms with van der Waals surface area (Å²) in [5.41, 5.74) is 1.24. The molecule has 3 aliphatic rings. The smallest absolute Gasteiger partial charge is 0.0188 e. The molecule has 0 heteroatoms. The fourth-order valence-corrected chi connectivity index (χ4v) is 2.17. The molecular formula is C8H8. The third-order valence-electron chi connectivity index (χ3n) is 3.18. The van der Waals surface area contributed by atoms with Crippen LogP contribution in [0.15, 0.2) is 24.3 Å². The molecule has 0 aromatic rings. The minimum Gasteiger partial charge on any atom is -0.0765 e. The van der Waals surface area contributed by atoms with Gasteiger partial charge in [0.15, 0.2) is 0 Å². The largest absolute Gasteiger partial charge is 0.0765 e. The van der Waals surface area contributed by atoms with Crippen molar-refractivity contribution in [2.24, 2.45) is 10.8 Å². The molecule has 3 rings (SSSR count). The Morgan fingerprint density at radius 2 is 1.12 bits per heavy atom. The van der Waals surface area contributed by atoms with E-state index in [-0.39, 0.29) is 0 Å². The van der Waals surface area contributed by atoms with Gasteiger partial charge < -0.3 is 0 Å². The molecule has 0 unspecified atom stereocenters. The standard InChI is InChI=1S/C8H8/c1-2-8-5-3-7(1,8)4-6-8/h1-3,5H,4,6H2. The molecule has 1 fully saturated rings. The SMILES string of the molecule is C1=CC23C=CC12CC3. The van der Waals surface area contributed by atoms with Gasteiger partial charge in [0, 0.05) is 10.8 Å². The van der Waals surface area contributed by atoms with E-state index in [2.05, 4.69) is 24.3 Å². The molecule has 3 aliphatic carbocycles. The van der Waals surface area contributed by atoms with Crippen LogP contribution in [-0.2, 0) is 0 Å². The lowest BCUT2D eigenvalue weighted by molar-refractivity contribution is 0.0337. The first-order chi connectivity index (χ1) is 3.87. The Balaban J connectivity index is 2.31. The quantitative estimate of drug-likeness (QED) is 0.412. The molecule has 0 saturated heterocycles. The molecule has 0 heterocycles. The van der Waals surface area contributed by atoms with Crippen LogP contribution >= 0.6 is 0 Å². The van der Waals surface area contributed by atoms with Gasteiger partial charge in [0.1, 0.15) is 0 Å². The Bertz CT molecular complexity index is 172. The number of rotatable bonds is 0. The highest BCUT2D eigenvalue weighted by Gasteiger charge is 2.63. The van der Waals surface area contributed by atoms with Crippen LogP contribution in [0.2, 0.25) is 0 Å². The number of hydrogen-bond donors (Lipinski definition) is 0. The van der Waals surface area contributed by atoms with Crippen molar-refractivity contribution in [2.75, 3.05) is 0 Å². The summed E-state index contributed by atoms with van der Waals surface area (Å²) in [6.07, 6.45) is 12.3. The van der Waals surface area contributed by atoms with Crippen LogP contribution in [0.25, 0.3) is 0 Å². The summed E-state index contributed by atoms with van der Waals surface area (Å²) in [4.78, 5) is 0. The Morgan fingerprint density at radius 1 is 0.750 bits per heavy atom. The van der Waals surface area contributed by atoms with Crippen LogP contribution in [0.4, 0.5) is 0 Å². The molecule has 0 aliphatic heterocycles. The normalized spacial score (nSPS) is 62.0. The van der Waals surface area contributed by atoms with Gasteiger partial charge in [-0.15, -0.1) is 0 Å². The Labute approximate surface area is 48.9 Å². The van der Waals surface area contributed by atoms with Crippen molar-refractivity contribution < 1.29 is 0 Å². The zero-order valence-corrected chi connectivity index (χ0v) is 4.72. The highest BCUT2D eigenvalue weighted by atomic mass is 14.7. The van der Waals surface area contributed by atoms with Crippen LogP contribution in [-0.4, -0.2) is 0 Å². The predicted molar refractivity (Wildman–Crippen MR) is 32.4 cm³/mol. The highest BCUT2D eigenvalue weighted by molar-refractivity contribution is 5.50. The van der Waals surface area contributed by atoms with Gasteiger partial charge in [0.2, 0.25) is 0 Å².